The van der Waals surface area contributed by atoms with Crippen LogP contribution in [-0.4, -0.2) is 34.0 Å². The van der Waals surface area contributed by atoms with Crippen LogP contribution < -0.4 is 14.4 Å². The molecule has 0 spiro atoms. The normalized spacial score (nSPS) is 11.4. The molecule has 0 fully saturated rings. The number of benzene rings is 3. The van der Waals surface area contributed by atoms with Crippen molar-refractivity contribution in [3.05, 3.63) is 89.0 Å². The number of sulfonamides is 1. The zero-order chi connectivity index (χ0) is 25.6. The Labute approximate surface area is 209 Å². The first-order valence-corrected chi connectivity index (χ1v) is 13.2. The van der Waals surface area contributed by atoms with E-state index in [9.17, 15) is 13.2 Å². The lowest BCUT2D eigenvalue weighted by Crippen LogP contribution is -2.42. The number of nitrogens with one attached hydrogen (secondary N) is 1. The van der Waals surface area contributed by atoms with Gasteiger partial charge in [-0.2, -0.15) is 0 Å². The minimum absolute atomic E-state index is 0.141. The molecule has 0 unspecified atom stereocenters. The van der Waals surface area contributed by atoms with Gasteiger partial charge in [-0.3, -0.25) is 9.10 Å². The Bertz CT molecular complexity index is 1250. The van der Waals surface area contributed by atoms with Crippen molar-refractivity contribution in [1.29, 1.82) is 0 Å². The number of aryl methyl sites for hydroxylation is 3. The molecule has 0 aliphatic heterocycles. The summed E-state index contributed by atoms with van der Waals surface area (Å²) in [7, 11) is -3.94. The number of anilines is 1. The Morgan fingerprint density at radius 2 is 1.54 bits per heavy atom. The third-order valence-corrected chi connectivity index (χ3v) is 7.56. The van der Waals surface area contributed by atoms with Crippen LogP contribution in [0.15, 0.2) is 71.6 Å². The predicted octanol–water partition coefficient (Wildman–Crippen LogP) is 5.13. The van der Waals surface area contributed by atoms with Gasteiger partial charge in [-0.25, -0.2) is 8.42 Å². The molecule has 0 bridgehead atoms. The van der Waals surface area contributed by atoms with Gasteiger partial charge in [-0.05, 0) is 73.7 Å². The van der Waals surface area contributed by atoms with Gasteiger partial charge in [0.05, 0.1) is 17.1 Å². The summed E-state index contributed by atoms with van der Waals surface area (Å²) in [5.74, 6) is 0.679. The van der Waals surface area contributed by atoms with Crippen molar-refractivity contribution in [1.82, 2.24) is 5.32 Å². The van der Waals surface area contributed by atoms with Crippen LogP contribution in [-0.2, 0) is 14.8 Å². The molecule has 0 aliphatic carbocycles. The molecule has 0 aromatic heterocycles. The highest BCUT2D eigenvalue weighted by molar-refractivity contribution is 7.92. The lowest BCUT2D eigenvalue weighted by molar-refractivity contribution is -0.119. The van der Waals surface area contributed by atoms with E-state index in [0.717, 1.165) is 32.3 Å². The highest BCUT2D eigenvalue weighted by Gasteiger charge is 2.27. The molecule has 35 heavy (non-hydrogen) atoms. The zero-order valence-corrected chi connectivity index (χ0v) is 21.9. The van der Waals surface area contributed by atoms with E-state index < -0.39 is 15.9 Å². The molecule has 0 saturated carbocycles. The summed E-state index contributed by atoms with van der Waals surface area (Å²) < 4.78 is 34.0. The molecule has 1 N–H and O–H groups in total. The molecule has 0 saturated heterocycles. The second kappa shape index (κ2) is 11.4. The molecule has 7 heteroatoms. The van der Waals surface area contributed by atoms with Gasteiger partial charge in [0.15, 0.2) is 0 Å². The molecule has 186 valence electrons. The molecule has 3 aromatic carbocycles. The number of carbonyl (C=O) groups excluding carboxylic acids is 1. The van der Waals surface area contributed by atoms with E-state index in [1.54, 1.807) is 36.4 Å². The first kappa shape index (κ1) is 26.3. The van der Waals surface area contributed by atoms with Crippen LogP contribution in [0.4, 0.5) is 5.69 Å². The summed E-state index contributed by atoms with van der Waals surface area (Å²) in [6.07, 6.45) is 0. The van der Waals surface area contributed by atoms with E-state index >= 15 is 0 Å². The van der Waals surface area contributed by atoms with Crippen molar-refractivity contribution in [2.75, 3.05) is 24.0 Å². The number of ether oxygens (including phenoxy) is 1. The monoisotopic (exact) mass is 494 g/mol. The number of hydrogen-bond acceptors (Lipinski definition) is 4. The second-order valence-corrected chi connectivity index (χ2v) is 10.9. The number of rotatable bonds is 10. The van der Waals surface area contributed by atoms with Crippen LogP contribution in [0.25, 0.3) is 0 Å². The molecule has 0 aliphatic rings. The third kappa shape index (κ3) is 6.85. The van der Waals surface area contributed by atoms with Crippen LogP contribution in [0, 0.1) is 20.8 Å². The molecule has 0 radical (unpaired) electrons. The van der Waals surface area contributed by atoms with E-state index in [2.05, 4.69) is 19.2 Å². The lowest BCUT2D eigenvalue weighted by Gasteiger charge is -2.24. The van der Waals surface area contributed by atoms with Gasteiger partial charge in [0.2, 0.25) is 5.91 Å². The van der Waals surface area contributed by atoms with Crippen LogP contribution in [0.3, 0.4) is 0 Å². The maximum absolute atomic E-state index is 13.5. The first-order valence-electron chi connectivity index (χ1n) is 11.7. The minimum Gasteiger partial charge on any atom is -0.491 e. The minimum atomic E-state index is -3.94. The van der Waals surface area contributed by atoms with Gasteiger partial charge < -0.3 is 10.1 Å². The third-order valence-electron chi connectivity index (χ3n) is 5.77. The highest BCUT2D eigenvalue weighted by Crippen LogP contribution is 2.26. The predicted molar refractivity (Wildman–Crippen MR) is 141 cm³/mol. The molecule has 3 aromatic rings. The largest absolute Gasteiger partial charge is 0.491 e. The fraction of sp³-hybridized carbons (Fsp3) is 0.321. The summed E-state index contributed by atoms with van der Waals surface area (Å²) >= 11 is 0. The maximum atomic E-state index is 13.5. The average Bonchev–Trinajstić information content (AvgIpc) is 2.82. The van der Waals surface area contributed by atoms with Crippen LogP contribution in [0.2, 0.25) is 0 Å². The Morgan fingerprint density at radius 1 is 0.914 bits per heavy atom. The van der Waals surface area contributed by atoms with Crippen LogP contribution >= 0.6 is 0 Å². The molecular formula is C28H34N2O4S. The van der Waals surface area contributed by atoms with Gasteiger partial charge in [-0.15, -0.1) is 0 Å². The van der Waals surface area contributed by atoms with Crippen molar-refractivity contribution in [3.8, 4) is 5.75 Å². The summed E-state index contributed by atoms with van der Waals surface area (Å²) in [6, 6.07) is 19.9. The van der Waals surface area contributed by atoms with E-state index in [4.69, 9.17) is 4.74 Å². The second-order valence-electron chi connectivity index (χ2n) is 9.04. The Balaban J connectivity index is 1.74. The van der Waals surface area contributed by atoms with Gasteiger partial charge in [0.1, 0.15) is 18.9 Å². The molecule has 3 rings (SSSR count). The summed E-state index contributed by atoms with van der Waals surface area (Å²) in [4.78, 5) is 12.9. The Morgan fingerprint density at radius 3 is 2.17 bits per heavy atom. The molecule has 0 atom stereocenters. The fourth-order valence-electron chi connectivity index (χ4n) is 3.58. The van der Waals surface area contributed by atoms with Crippen LogP contribution in [0.5, 0.6) is 5.75 Å². The first-order chi connectivity index (χ1) is 16.6. The van der Waals surface area contributed by atoms with E-state index in [1.807, 2.05) is 51.1 Å². The molecule has 6 nitrogen and oxygen atoms in total. The van der Waals surface area contributed by atoms with Crippen LogP contribution in [0.1, 0.15) is 42.0 Å². The molecular weight excluding hydrogens is 460 g/mol. The summed E-state index contributed by atoms with van der Waals surface area (Å²) in [5, 5.41) is 2.78. The Hall–Kier alpha value is -3.32. The van der Waals surface area contributed by atoms with E-state index in [1.165, 1.54) is 0 Å². The topological polar surface area (TPSA) is 75.7 Å². The maximum Gasteiger partial charge on any atom is 0.264 e. The van der Waals surface area contributed by atoms with Crippen molar-refractivity contribution >= 4 is 21.6 Å². The molecule has 0 heterocycles. The highest BCUT2D eigenvalue weighted by atomic mass is 32.2. The van der Waals surface area contributed by atoms with Gasteiger partial charge in [0, 0.05) is 0 Å². The van der Waals surface area contributed by atoms with Gasteiger partial charge in [-0.1, -0.05) is 55.8 Å². The molecule has 1 amide bonds. The quantitative estimate of drug-likeness (QED) is 0.397. The summed E-state index contributed by atoms with van der Waals surface area (Å²) in [5.41, 5.74) is 4.60. The number of nitrogens with zero attached hydrogens (tertiary/aromatic N) is 1. The van der Waals surface area contributed by atoms with E-state index in [0.29, 0.717) is 11.6 Å². The van der Waals surface area contributed by atoms with Crippen molar-refractivity contribution in [2.45, 2.75) is 45.4 Å². The number of amides is 1. The van der Waals surface area contributed by atoms with Gasteiger partial charge >= 0.3 is 0 Å². The van der Waals surface area contributed by atoms with Crippen molar-refractivity contribution < 1.29 is 17.9 Å². The number of carbonyl (C=O) groups is 1. The van der Waals surface area contributed by atoms with Crippen molar-refractivity contribution in [2.24, 2.45) is 0 Å². The average molecular weight is 495 g/mol. The fourth-order valence-corrected chi connectivity index (χ4v) is 5.00. The summed E-state index contributed by atoms with van der Waals surface area (Å²) in [6.45, 7) is 10.2. The Kier molecular flexibility index (Phi) is 8.57. The smallest absolute Gasteiger partial charge is 0.264 e. The SMILES string of the molecule is Cc1ccc(S(=O)(=O)N(CC(=O)NCCOc2cc(C)ccc2C)c2ccc(C(C)C)cc2)cc1. The van der Waals surface area contributed by atoms with Crippen molar-refractivity contribution in [3.63, 3.8) is 0 Å². The van der Waals surface area contributed by atoms with Gasteiger partial charge in [0.25, 0.3) is 10.0 Å². The van der Waals surface area contributed by atoms with E-state index in [-0.39, 0.29) is 24.6 Å². The number of hydrogen-bond donors (Lipinski definition) is 1. The zero-order valence-electron chi connectivity index (χ0n) is 21.0. The standard InChI is InChI=1S/C28H34N2O4S/c1-20(2)24-10-12-25(13-11-24)30(35(32,33)26-14-7-21(3)8-15-26)19-28(31)29-16-17-34-27-18-22(4)6-9-23(27)5/h6-15,18,20H,16-17,19H2,1-5H3,(H,29,31). The lowest BCUT2D eigenvalue weighted by atomic mass is 10.0.